The maximum absolute atomic E-state index is 15.1. The number of alkyl halides is 4. The molecule has 3 aromatic rings. The molecule has 1 unspecified atom stereocenters. The highest BCUT2D eigenvalue weighted by Gasteiger charge is 2.47. The molecule has 4 rings (SSSR count). The molecule has 0 radical (unpaired) electrons. The fourth-order valence-corrected chi connectivity index (χ4v) is 4.02. The number of ether oxygens (including phenoxy) is 5. The number of benzene rings is 1. The van der Waals surface area contributed by atoms with E-state index < -0.39 is 61.4 Å². The first-order valence-electron chi connectivity index (χ1n) is 11.8. The molecule has 18 heteroatoms. The quantitative estimate of drug-likeness (QED) is 0.120. The van der Waals surface area contributed by atoms with E-state index in [9.17, 15) is 27.9 Å². The maximum atomic E-state index is 15.1. The molecule has 0 aliphatic carbocycles. The molecule has 3 heterocycles. The summed E-state index contributed by atoms with van der Waals surface area (Å²) < 4.78 is 78.7. The van der Waals surface area contributed by atoms with Crippen molar-refractivity contribution in [3.63, 3.8) is 0 Å². The number of aryl methyl sites for hydroxylation is 1. The van der Waals surface area contributed by atoms with Gasteiger partial charge in [-0.05, 0) is 37.1 Å². The van der Waals surface area contributed by atoms with Gasteiger partial charge < -0.3 is 34.5 Å². The summed E-state index contributed by atoms with van der Waals surface area (Å²) in [4.78, 5) is 37.0. The van der Waals surface area contributed by atoms with E-state index in [0.717, 1.165) is 23.0 Å². The molecule has 3 N–H and O–H groups in total. The number of carbonyl (C=O) groups is 2. The van der Waals surface area contributed by atoms with Crippen LogP contribution in [0, 0.1) is 6.92 Å². The second kappa shape index (κ2) is 12.0. The molecule has 1 fully saturated rings. The van der Waals surface area contributed by atoms with Crippen LogP contribution in [-0.4, -0.2) is 80.6 Å². The first-order valence-corrected chi connectivity index (χ1v) is 12.2. The van der Waals surface area contributed by atoms with Gasteiger partial charge in [-0.3, -0.25) is 4.57 Å². The molecule has 2 aromatic heterocycles. The zero-order valence-corrected chi connectivity index (χ0v) is 21.9. The van der Waals surface area contributed by atoms with Gasteiger partial charge in [-0.15, -0.1) is 13.2 Å². The van der Waals surface area contributed by atoms with Crippen molar-refractivity contribution in [1.82, 2.24) is 19.5 Å². The molecule has 1 aliphatic rings. The Hall–Kier alpha value is -3.80. The summed E-state index contributed by atoms with van der Waals surface area (Å²) in [5, 5.41) is 10.2. The Bertz CT molecular complexity index is 1440. The topological polar surface area (TPSA) is 170 Å². The number of carbonyl (C=O) groups excluding carboxylic acids is 2. The molecule has 5 atom stereocenters. The average molecular weight is 608 g/mol. The van der Waals surface area contributed by atoms with E-state index >= 15 is 4.39 Å². The highest BCUT2D eigenvalue weighted by atomic mass is 35.5. The number of nitrogens with two attached hydrogens (primary N) is 1. The smallest absolute Gasteiger partial charge is 0.464 e. The SMILES string of the molecule is CCOC(=O)C(OC[C@H]1O[C@@H](n2cnc3c(N)nc(Cl)nc32)[C@@H](F)[C@@H]1O)C(=O)Oc1cc(OC(F)(F)F)ccc1C. The highest BCUT2D eigenvalue weighted by Crippen LogP contribution is 2.35. The lowest BCUT2D eigenvalue weighted by atomic mass is 10.1. The number of halogens is 5. The Morgan fingerprint density at radius 2 is 2.00 bits per heavy atom. The van der Waals surface area contributed by atoms with Gasteiger partial charge in [-0.1, -0.05) is 6.07 Å². The van der Waals surface area contributed by atoms with Gasteiger partial charge in [0.2, 0.25) is 5.28 Å². The molecular formula is C23H22ClF4N5O8. The third kappa shape index (κ3) is 6.75. The van der Waals surface area contributed by atoms with Gasteiger partial charge in [-0.2, -0.15) is 9.97 Å². The molecule has 0 spiro atoms. The number of hydrogen-bond donors (Lipinski definition) is 2. The van der Waals surface area contributed by atoms with Crippen LogP contribution in [0.2, 0.25) is 5.28 Å². The summed E-state index contributed by atoms with van der Waals surface area (Å²) in [5.74, 6) is -3.68. The zero-order valence-electron chi connectivity index (χ0n) is 21.2. The minimum atomic E-state index is -5.00. The van der Waals surface area contributed by atoms with Crippen molar-refractivity contribution in [2.45, 2.75) is 50.9 Å². The second-order valence-corrected chi connectivity index (χ2v) is 8.90. The lowest BCUT2D eigenvalue weighted by molar-refractivity contribution is -0.274. The summed E-state index contributed by atoms with van der Waals surface area (Å²) in [5.41, 5.74) is 6.11. The van der Waals surface area contributed by atoms with E-state index in [-0.39, 0.29) is 40.2 Å². The average Bonchev–Trinajstić information content (AvgIpc) is 3.41. The molecule has 0 bridgehead atoms. The molecule has 1 aliphatic heterocycles. The summed E-state index contributed by atoms with van der Waals surface area (Å²) in [6.07, 6.45) is -12.7. The number of aliphatic hydroxyl groups is 1. The Morgan fingerprint density at radius 3 is 2.68 bits per heavy atom. The van der Waals surface area contributed by atoms with Gasteiger partial charge in [0.05, 0.1) is 19.5 Å². The normalized spacial score (nSPS) is 21.6. The molecule has 1 saturated heterocycles. The number of fused-ring (bicyclic) bond motifs is 1. The Morgan fingerprint density at radius 1 is 1.27 bits per heavy atom. The van der Waals surface area contributed by atoms with Crippen LogP contribution in [0.25, 0.3) is 11.2 Å². The number of imidazole rings is 1. The van der Waals surface area contributed by atoms with Crippen molar-refractivity contribution in [3.05, 3.63) is 35.4 Å². The molecule has 1 aromatic carbocycles. The molecule has 222 valence electrons. The van der Waals surface area contributed by atoms with E-state index in [1.54, 1.807) is 0 Å². The maximum Gasteiger partial charge on any atom is 0.573 e. The van der Waals surface area contributed by atoms with Crippen LogP contribution in [-0.2, 0) is 23.8 Å². The van der Waals surface area contributed by atoms with Crippen molar-refractivity contribution in [2.24, 2.45) is 0 Å². The van der Waals surface area contributed by atoms with Crippen LogP contribution in [0.3, 0.4) is 0 Å². The number of aliphatic hydroxyl groups excluding tert-OH is 1. The van der Waals surface area contributed by atoms with Crippen molar-refractivity contribution in [2.75, 3.05) is 18.9 Å². The van der Waals surface area contributed by atoms with E-state index in [1.807, 2.05) is 0 Å². The number of aromatic nitrogens is 4. The standard InChI is InChI=1S/C23H22ClF4N5O8/c1-3-37-20(35)16(21(36)40-11-6-10(5-4-9(11)2)41-23(26,27)28)38-7-12-15(34)13(25)19(39-12)33-8-30-14-17(29)31-22(24)32-18(14)33/h4-6,8,12-13,15-16,19,34H,3,7H2,1-2H3,(H2,29,31,32)/t12-,13+,15-,16?,19-/m1/s1. The second-order valence-electron chi connectivity index (χ2n) is 8.56. The van der Waals surface area contributed by atoms with Gasteiger partial charge in [0.25, 0.3) is 6.10 Å². The predicted molar refractivity (Wildman–Crippen MR) is 129 cm³/mol. The molecule has 0 saturated carbocycles. The van der Waals surface area contributed by atoms with Crippen molar-refractivity contribution in [3.8, 4) is 11.5 Å². The summed E-state index contributed by atoms with van der Waals surface area (Å²) in [6, 6.07) is 2.99. The van der Waals surface area contributed by atoms with Gasteiger partial charge in [0.15, 0.2) is 23.9 Å². The van der Waals surface area contributed by atoms with E-state index in [2.05, 4.69) is 19.7 Å². The van der Waals surface area contributed by atoms with E-state index in [1.165, 1.54) is 19.9 Å². The third-order valence-electron chi connectivity index (χ3n) is 5.73. The van der Waals surface area contributed by atoms with E-state index in [4.69, 9.17) is 36.3 Å². The van der Waals surface area contributed by atoms with Crippen LogP contribution < -0.4 is 15.2 Å². The van der Waals surface area contributed by atoms with Crippen LogP contribution in [0.5, 0.6) is 11.5 Å². The molecular weight excluding hydrogens is 586 g/mol. The number of hydrogen-bond acceptors (Lipinski definition) is 12. The van der Waals surface area contributed by atoms with Crippen LogP contribution in [0.1, 0.15) is 18.7 Å². The van der Waals surface area contributed by atoms with Crippen molar-refractivity contribution < 1.29 is 55.9 Å². The fraction of sp³-hybridized carbons (Fsp3) is 0.435. The predicted octanol–water partition coefficient (Wildman–Crippen LogP) is 2.42. The highest BCUT2D eigenvalue weighted by molar-refractivity contribution is 6.28. The first kappa shape index (κ1) is 30.2. The van der Waals surface area contributed by atoms with Crippen LogP contribution in [0.15, 0.2) is 24.5 Å². The van der Waals surface area contributed by atoms with Crippen molar-refractivity contribution in [1.29, 1.82) is 0 Å². The number of anilines is 1. The third-order valence-corrected chi connectivity index (χ3v) is 5.90. The Balaban J connectivity index is 1.49. The summed E-state index contributed by atoms with van der Waals surface area (Å²) in [6.45, 7) is 1.99. The van der Waals surface area contributed by atoms with Crippen molar-refractivity contribution >= 4 is 40.5 Å². The van der Waals surface area contributed by atoms with Gasteiger partial charge >= 0.3 is 18.3 Å². The van der Waals surface area contributed by atoms with Gasteiger partial charge in [0, 0.05) is 6.07 Å². The molecule has 13 nitrogen and oxygen atoms in total. The lowest BCUT2D eigenvalue weighted by Crippen LogP contribution is -2.41. The monoisotopic (exact) mass is 607 g/mol. The fourth-order valence-electron chi connectivity index (χ4n) is 3.85. The number of nitrogen functional groups attached to an aromatic ring is 1. The lowest BCUT2D eigenvalue weighted by Gasteiger charge is -2.20. The van der Waals surface area contributed by atoms with E-state index in [0.29, 0.717) is 0 Å². The zero-order chi connectivity index (χ0) is 30.1. The van der Waals surface area contributed by atoms with Crippen LogP contribution in [0.4, 0.5) is 23.4 Å². The summed E-state index contributed by atoms with van der Waals surface area (Å²) in [7, 11) is 0. The Kier molecular flexibility index (Phi) is 8.81. The largest absolute Gasteiger partial charge is 0.573 e. The summed E-state index contributed by atoms with van der Waals surface area (Å²) >= 11 is 5.84. The Labute approximate surface area is 233 Å². The first-order chi connectivity index (χ1) is 19.3. The minimum absolute atomic E-state index is 0.0176. The van der Waals surface area contributed by atoms with Crippen LogP contribution >= 0.6 is 11.6 Å². The minimum Gasteiger partial charge on any atom is -0.464 e. The van der Waals surface area contributed by atoms with Gasteiger partial charge in [-0.25, -0.2) is 19.0 Å². The number of nitrogens with zero attached hydrogens (tertiary/aromatic N) is 4. The number of rotatable bonds is 9. The molecule has 41 heavy (non-hydrogen) atoms. The van der Waals surface area contributed by atoms with Gasteiger partial charge in [0.1, 0.15) is 29.2 Å². The molecule has 0 amide bonds. The number of esters is 2.